The first-order chi connectivity index (χ1) is 34.5. The molecule has 2 fully saturated rings. The lowest BCUT2D eigenvalue weighted by Crippen LogP contribution is -2.64. The molecule has 11 atom stereocenters. The molecular formula is C55H91N7O11S. The standard InChI is InChI=1S/C55H91N7O11S/c1-17-34(8)46(40(72-15)29-42(63)61-27-23-26-39(61)47(73-16)35(9)48(65)57-38(52(69)70)28-36-24-21-20-22-25-36)59(13)51(68)44(32(4)5)58-49(66)45(33(6)7)60(14)53(71)55(12,56)31-54(10,11)62-43(64)30-41(50(62)67)74-37(18-2)19-3/h20-22,24-25,32-35,37-41,44-47H,17-19,23,26-31,56H2,1-16H3,(H,57,65)(H,58,66)(H,69,70)/t34-,35+,38-,39-,40+,41?,44-,45-,46-,47+,55?/m0/s1. The van der Waals surface area contributed by atoms with Gasteiger partial charge in [-0.1, -0.05) is 99.1 Å². The fourth-order valence-corrected chi connectivity index (χ4v) is 12.5. The van der Waals surface area contributed by atoms with Crippen LogP contribution in [-0.4, -0.2) is 171 Å². The zero-order chi connectivity index (χ0) is 56.2. The van der Waals surface area contributed by atoms with E-state index < -0.39 is 106 Å². The van der Waals surface area contributed by atoms with Gasteiger partial charge in [-0.3, -0.25) is 38.5 Å². The number of methoxy groups -OCH3 is 2. The minimum atomic E-state index is -1.61. The minimum Gasteiger partial charge on any atom is -0.480 e. The molecule has 74 heavy (non-hydrogen) atoms. The maximum Gasteiger partial charge on any atom is 0.326 e. The molecule has 0 bridgehead atoms. The highest BCUT2D eigenvalue weighted by molar-refractivity contribution is 8.01. The van der Waals surface area contributed by atoms with Crippen LogP contribution in [0, 0.1) is 23.7 Å². The molecule has 2 unspecified atom stereocenters. The summed E-state index contributed by atoms with van der Waals surface area (Å²) in [6.45, 7) is 22.3. The van der Waals surface area contributed by atoms with Gasteiger partial charge in [-0.15, -0.1) is 11.8 Å². The summed E-state index contributed by atoms with van der Waals surface area (Å²) in [6, 6.07) is 4.60. The first kappa shape index (κ1) is 63.7. The highest BCUT2D eigenvalue weighted by Gasteiger charge is 2.51. The quantitative estimate of drug-likeness (QED) is 0.0749. The maximum absolute atomic E-state index is 14.8. The van der Waals surface area contributed by atoms with Gasteiger partial charge in [0.2, 0.25) is 41.4 Å². The number of nitrogens with one attached hydrogen (secondary N) is 2. The average Bonchev–Trinajstić information content (AvgIpc) is 3.94. The molecular weight excluding hydrogens is 967 g/mol. The summed E-state index contributed by atoms with van der Waals surface area (Å²) in [6.07, 6.45) is 2.01. The van der Waals surface area contributed by atoms with Crippen molar-refractivity contribution in [2.24, 2.45) is 29.4 Å². The van der Waals surface area contributed by atoms with Crippen LogP contribution in [0.5, 0.6) is 0 Å². The van der Waals surface area contributed by atoms with Gasteiger partial charge in [0, 0.05) is 58.5 Å². The molecule has 2 heterocycles. The smallest absolute Gasteiger partial charge is 0.326 e. The van der Waals surface area contributed by atoms with Crippen molar-refractivity contribution in [3.8, 4) is 0 Å². The number of carboxylic acid groups (broad SMARTS) is 1. The van der Waals surface area contributed by atoms with Crippen LogP contribution in [0.2, 0.25) is 0 Å². The summed E-state index contributed by atoms with van der Waals surface area (Å²) >= 11 is 1.51. The number of likely N-dealkylation sites (tertiary alicyclic amines) is 2. The first-order valence-corrected chi connectivity index (χ1v) is 27.6. The number of amides is 7. The average molecular weight is 1060 g/mol. The third kappa shape index (κ3) is 15.7. The van der Waals surface area contributed by atoms with Crippen LogP contribution in [0.25, 0.3) is 0 Å². The van der Waals surface area contributed by atoms with Crippen molar-refractivity contribution in [2.45, 2.75) is 205 Å². The summed E-state index contributed by atoms with van der Waals surface area (Å²) in [5.74, 6) is -5.93. The highest BCUT2D eigenvalue weighted by Crippen LogP contribution is 2.38. The number of nitrogens with two attached hydrogens (primary N) is 1. The number of nitrogens with zero attached hydrogens (tertiary/aromatic N) is 4. The second-order valence-electron chi connectivity index (χ2n) is 22.3. The molecule has 7 amide bonds. The number of hydrogen-bond donors (Lipinski definition) is 4. The van der Waals surface area contributed by atoms with E-state index in [4.69, 9.17) is 15.2 Å². The van der Waals surface area contributed by atoms with Gasteiger partial charge in [-0.05, 0) is 76.2 Å². The summed E-state index contributed by atoms with van der Waals surface area (Å²) in [5.41, 5.74) is 4.83. The van der Waals surface area contributed by atoms with Gasteiger partial charge >= 0.3 is 5.97 Å². The van der Waals surface area contributed by atoms with E-state index in [1.807, 2.05) is 33.8 Å². The van der Waals surface area contributed by atoms with Gasteiger partial charge in [0.25, 0.3) is 0 Å². The highest BCUT2D eigenvalue weighted by atomic mass is 32.2. The zero-order valence-corrected chi connectivity index (χ0v) is 48.1. The second kappa shape index (κ2) is 28.0. The van der Waals surface area contributed by atoms with Crippen LogP contribution in [0.3, 0.4) is 0 Å². The van der Waals surface area contributed by atoms with Gasteiger partial charge < -0.3 is 45.6 Å². The monoisotopic (exact) mass is 1060 g/mol. The Balaban J connectivity index is 1.81. The number of carbonyl (C=O) groups excluding carboxylic acids is 7. The van der Waals surface area contributed by atoms with Crippen molar-refractivity contribution >= 4 is 59.1 Å². The molecule has 2 aliphatic heterocycles. The van der Waals surface area contributed by atoms with Crippen molar-refractivity contribution in [3.05, 3.63) is 35.9 Å². The number of aliphatic carboxylic acids is 1. The first-order valence-electron chi connectivity index (χ1n) is 26.6. The molecule has 18 nitrogen and oxygen atoms in total. The summed E-state index contributed by atoms with van der Waals surface area (Å²) in [7, 11) is 6.09. The third-order valence-corrected chi connectivity index (χ3v) is 17.0. The minimum absolute atomic E-state index is 0.0697. The molecule has 1 aromatic rings. The predicted molar refractivity (Wildman–Crippen MR) is 288 cm³/mol. The van der Waals surface area contributed by atoms with Crippen molar-refractivity contribution in [2.75, 3.05) is 34.9 Å². The van der Waals surface area contributed by atoms with Crippen LogP contribution in [0.1, 0.15) is 140 Å². The Kier molecular flexibility index (Phi) is 24.1. The van der Waals surface area contributed by atoms with Gasteiger partial charge in [0.05, 0.1) is 47.4 Å². The predicted octanol–water partition coefficient (Wildman–Crippen LogP) is 5.28. The molecule has 418 valence electrons. The van der Waals surface area contributed by atoms with E-state index >= 15 is 0 Å². The number of hydrogen-bond acceptors (Lipinski definition) is 12. The third-order valence-electron chi connectivity index (χ3n) is 15.3. The Hall–Kier alpha value is -4.59. The number of likely N-dealkylation sites (N-methyl/N-ethyl adjacent to an activating group) is 2. The Labute approximate surface area is 445 Å². The van der Waals surface area contributed by atoms with E-state index in [1.54, 1.807) is 75.7 Å². The number of carbonyl (C=O) groups is 8. The summed E-state index contributed by atoms with van der Waals surface area (Å²) < 4.78 is 12.0. The normalized spacial score (nSPS) is 20.4. The molecule has 0 aromatic heterocycles. The SMILES string of the molecule is CCC(CC)SC1CC(=O)N(C(C)(C)CC(C)(N)C(=O)N(C)[C@H](C(=O)N[C@H](C(=O)N(C)[C@@H]([C@@H](C)CC)[C@@H](CC(=O)N2CCC[C@H]2[C@H](OC)[C@@H](C)C(=O)N[C@@H](Cc2ccccc2)C(=O)O)OC)C(C)C)C(C)C)C1=O. The van der Waals surface area contributed by atoms with Crippen molar-refractivity contribution < 1.29 is 52.9 Å². The Morgan fingerprint density at radius 2 is 1.47 bits per heavy atom. The van der Waals surface area contributed by atoms with Gasteiger partial charge in [-0.2, -0.15) is 0 Å². The molecule has 0 aliphatic carbocycles. The van der Waals surface area contributed by atoms with Crippen molar-refractivity contribution in [1.29, 1.82) is 0 Å². The molecule has 0 spiro atoms. The van der Waals surface area contributed by atoms with Crippen molar-refractivity contribution in [3.63, 3.8) is 0 Å². The lowest BCUT2D eigenvalue weighted by atomic mass is 9.83. The zero-order valence-electron chi connectivity index (χ0n) is 47.3. The van der Waals surface area contributed by atoms with E-state index in [2.05, 4.69) is 24.5 Å². The number of carboxylic acids is 1. The molecule has 1 aromatic carbocycles. The molecule has 2 aliphatic rings. The van der Waals surface area contributed by atoms with Crippen molar-refractivity contribution in [1.82, 2.24) is 30.2 Å². The van der Waals surface area contributed by atoms with Crippen LogP contribution >= 0.6 is 11.8 Å². The molecule has 5 N–H and O–H groups in total. The number of thioether (sulfide) groups is 1. The van der Waals surface area contributed by atoms with E-state index in [0.717, 1.165) is 18.4 Å². The van der Waals surface area contributed by atoms with Gasteiger partial charge in [0.15, 0.2) is 0 Å². The summed E-state index contributed by atoms with van der Waals surface area (Å²) in [4.78, 5) is 117. The maximum atomic E-state index is 14.8. The van der Waals surface area contributed by atoms with E-state index in [0.29, 0.717) is 25.8 Å². The molecule has 3 rings (SSSR count). The van der Waals surface area contributed by atoms with Crippen LogP contribution in [0.15, 0.2) is 30.3 Å². The number of ether oxygens (including phenoxy) is 2. The lowest BCUT2D eigenvalue weighted by Gasteiger charge is -2.43. The van der Waals surface area contributed by atoms with E-state index in [-0.39, 0.29) is 54.6 Å². The number of imide groups is 1. The van der Waals surface area contributed by atoms with Crippen LogP contribution in [0.4, 0.5) is 0 Å². The topological polar surface area (TPSA) is 238 Å². The Bertz CT molecular complexity index is 2090. The molecule has 19 heteroatoms. The Morgan fingerprint density at radius 3 is 1.99 bits per heavy atom. The second-order valence-corrected chi connectivity index (χ2v) is 23.8. The van der Waals surface area contributed by atoms with E-state index in [1.165, 1.54) is 49.8 Å². The fourth-order valence-electron chi connectivity index (χ4n) is 11.2. The van der Waals surface area contributed by atoms with Crippen LogP contribution < -0.4 is 16.4 Å². The van der Waals surface area contributed by atoms with Crippen LogP contribution in [-0.2, 0) is 54.3 Å². The van der Waals surface area contributed by atoms with E-state index in [9.17, 15) is 43.5 Å². The fraction of sp³-hybridized carbons (Fsp3) is 0.745. The largest absolute Gasteiger partial charge is 0.480 e. The Morgan fingerprint density at radius 1 is 0.865 bits per heavy atom. The molecule has 0 saturated carbocycles. The summed E-state index contributed by atoms with van der Waals surface area (Å²) in [5, 5.41) is 15.4. The molecule has 0 radical (unpaired) electrons. The number of rotatable bonds is 29. The lowest BCUT2D eigenvalue weighted by molar-refractivity contribution is -0.151. The van der Waals surface area contributed by atoms with Gasteiger partial charge in [0.1, 0.15) is 18.1 Å². The number of benzene rings is 1. The molecule has 2 saturated heterocycles. The van der Waals surface area contributed by atoms with Gasteiger partial charge in [-0.25, -0.2) is 4.79 Å².